The molecule has 9 heteroatoms. The van der Waals surface area contributed by atoms with Gasteiger partial charge in [-0.2, -0.15) is 0 Å². The Morgan fingerprint density at radius 2 is 1.69 bits per heavy atom. The number of nitrogens with zero attached hydrogens (tertiary/aromatic N) is 3. The zero-order chi connectivity index (χ0) is 26.9. The van der Waals surface area contributed by atoms with Gasteiger partial charge in [0, 0.05) is 30.8 Å². The lowest BCUT2D eigenvalue weighted by Crippen LogP contribution is -2.60. The third-order valence-corrected chi connectivity index (χ3v) is 9.27. The van der Waals surface area contributed by atoms with Gasteiger partial charge in [0.05, 0.1) is 11.1 Å². The van der Waals surface area contributed by atoms with E-state index in [9.17, 15) is 18.8 Å². The number of piperidine rings is 1. The van der Waals surface area contributed by atoms with Crippen molar-refractivity contribution in [3.8, 4) is 5.69 Å². The van der Waals surface area contributed by atoms with Gasteiger partial charge in [0.2, 0.25) is 11.3 Å². The summed E-state index contributed by atoms with van der Waals surface area (Å²) in [6.07, 6.45) is 9.77. The standard InChI is InChI=1S/C30H30F2N4O3/c31-20-4-6-24(23(32)12-20)36-16-22(29(39)34-30-13-17-9-18(14-30)11-19(10-17)15-30)27(38)21-5-7-25(33-28(21)36)35-8-2-1-3-26(35)37/h4-7,12,16-19H,1-3,8-11,13-15H2,(H,34,39). The molecule has 39 heavy (non-hydrogen) atoms. The summed E-state index contributed by atoms with van der Waals surface area (Å²) in [5, 5.41) is 3.37. The van der Waals surface area contributed by atoms with Crippen LogP contribution in [-0.2, 0) is 4.79 Å². The molecule has 0 unspecified atom stereocenters. The second kappa shape index (κ2) is 8.96. The Kier molecular flexibility index (Phi) is 5.61. The zero-order valence-electron chi connectivity index (χ0n) is 21.6. The fraction of sp³-hybridized carbons (Fsp3) is 0.467. The number of benzene rings is 1. The lowest BCUT2D eigenvalue weighted by atomic mass is 9.53. The fourth-order valence-electron chi connectivity index (χ4n) is 7.99. The van der Waals surface area contributed by atoms with Crippen molar-refractivity contribution in [2.24, 2.45) is 17.8 Å². The first-order valence-corrected chi connectivity index (χ1v) is 13.9. The van der Waals surface area contributed by atoms with Crippen LogP contribution < -0.4 is 15.6 Å². The molecular formula is C30H30F2N4O3. The first-order valence-electron chi connectivity index (χ1n) is 13.9. The molecule has 2 amide bonds. The van der Waals surface area contributed by atoms with Crippen LogP contribution in [0.2, 0.25) is 0 Å². The lowest BCUT2D eigenvalue weighted by Gasteiger charge is -2.56. The van der Waals surface area contributed by atoms with Crippen molar-refractivity contribution in [2.45, 2.75) is 63.3 Å². The van der Waals surface area contributed by atoms with Crippen molar-refractivity contribution in [2.75, 3.05) is 11.4 Å². The maximum absolute atomic E-state index is 15.1. The highest BCUT2D eigenvalue weighted by Gasteiger charge is 2.51. The topological polar surface area (TPSA) is 84.3 Å². The Hall–Kier alpha value is -3.62. The molecule has 1 N–H and O–H groups in total. The highest BCUT2D eigenvalue weighted by atomic mass is 19.1. The number of carbonyl (C=O) groups is 2. The molecule has 2 aromatic heterocycles. The molecule has 5 aliphatic rings. The molecule has 5 fully saturated rings. The average Bonchev–Trinajstić information content (AvgIpc) is 2.88. The van der Waals surface area contributed by atoms with Crippen LogP contribution in [0.4, 0.5) is 14.6 Å². The number of halogens is 2. The van der Waals surface area contributed by atoms with Crippen molar-refractivity contribution >= 4 is 28.7 Å². The molecule has 7 nitrogen and oxygen atoms in total. The zero-order valence-corrected chi connectivity index (χ0v) is 21.6. The molecule has 8 rings (SSSR count). The van der Waals surface area contributed by atoms with Gasteiger partial charge in [0.1, 0.15) is 23.0 Å². The number of aromatic nitrogens is 2. The summed E-state index contributed by atoms with van der Waals surface area (Å²) in [5.41, 5.74) is -0.858. The SMILES string of the molecule is O=C(NC12CC3CC(CC(C3)C1)C2)c1cn(-c2ccc(F)cc2F)c2nc(N3CCCCC3=O)ccc2c1=O. The van der Waals surface area contributed by atoms with E-state index in [1.807, 2.05) is 0 Å². The fourth-order valence-corrected chi connectivity index (χ4v) is 7.99. The summed E-state index contributed by atoms with van der Waals surface area (Å²) in [7, 11) is 0. The Balaban J connectivity index is 1.34. The minimum atomic E-state index is -0.853. The Labute approximate surface area is 224 Å². The van der Waals surface area contributed by atoms with Crippen molar-refractivity contribution in [1.29, 1.82) is 0 Å². The molecule has 0 radical (unpaired) electrons. The highest BCUT2D eigenvalue weighted by molar-refractivity contribution is 5.98. The predicted octanol–water partition coefficient (Wildman–Crippen LogP) is 4.88. The lowest BCUT2D eigenvalue weighted by molar-refractivity contribution is -0.119. The van der Waals surface area contributed by atoms with Gasteiger partial charge in [0.25, 0.3) is 5.91 Å². The Morgan fingerprint density at radius 1 is 0.974 bits per heavy atom. The smallest absolute Gasteiger partial charge is 0.257 e. The number of anilines is 1. The van der Waals surface area contributed by atoms with E-state index in [0.717, 1.165) is 44.2 Å². The number of carbonyl (C=O) groups excluding carboxylic acids is 2. The summed E-state index contributed by atoms with van der Waals surface area (Å²) in [6, 6.07) is 6.28. The van der Waals surface area contributed by atoms with Crippen molar-refractivity contribution in [3.05, 3.63) is 63.9 Å². The number of amides is 2. The Bertz CT molecular complexity index is 1550. The monoisotopic (exact) mass is 532 g/mol. The van der Waals surface area contributed by atoms with Gasteiger partial charge in [-0.3, -0.25) is 23.9 Å². The maximum atomic E-state index is 15.1. The normalized spacial score (nSPS) is 27.8. The average molecular weight is 533 g/mol. The van der Waals surface area contributed by atoms with Crippen LogP contribution in [0.5, 0.6) is 0 Å². The minimum absolute atomic E-state index is 0.0418. The van der Waals surface area contributed by atoms with E-state index < -0.39 is 23.0 Å². The highest BCUT2D eigenvalue weighted by Crippen LogP contribution is 2.55. The maximum Gasteiger partial charge on any atom is 0.257 e. The van der Waals surface area contributed by atoms with Crippen LogP contribution in [0, 0.1) is 29.4 Å². The summed E-state index contributed by atoms with van der Waals surface area (Å²) in [5.74, 6) is 0.0443. The number of rotatable bonds is 4. The molecule has 202 valence electrons. The van der Waals surface area contributed by atoms with E-state index in [4.69, 9.17) is 0 Å². The van der Waals surface area contributed by atoms with Crippen LogP contribution in [0.3, 0.4) is 0 Å². The van der Waals surface area contributed by atoms with Crippen molar-refractivity contribution in [1.82, 2.24) is 14.9 Å². The molecule has 0 spiro atoms. The molecule has 1 aromatic carbocycles. The van der Waals surface area contributed by atoms with Crippen molar-refractivity contribution < 1.29 is 18.4 Å². The Morgan fingerprint density at radius 3 is 2.36 bits per heavy atom. The third kappa shape index (κ3) is 4.13. The van der Waals surface area contributed by atoms with E-state index in [0.29, 0.717) is 36.5 Å². The summed E-state index contributed by atoms with van der Waals surface area (Å²) in [6.45, 7) is 0.498. The number of hydrogen-bond acceptors (Lipinski definition) is 4. The van der Waals surface area contributed by atoms with E-state index in [1.165, 1.54) is 36.1 Å². The summed E-state index contributed by atoms with van der Waals surface area (Å²) < 4.78 is 30.2. The molecule has 3 heterocycles. The molecule has 4 aliphatic carbocycles. The molecule has 1 aliphatic heterocycles. The van der Waals surface area contributed by atoms with Gasteiger partial charge >= 0.3 is 0 Å². The van der Waals surface area contributed by atoms with Gasteiger partial charge < -0.3 is 5.32 Å². The van der Waals surface area contributed by atoms with Gasteiger partial charge in [0.15, 0.2) is 5.65 Å². The van der Waals surface area contributed by atoms with E-state index in [2.05, 4.69) is 10.3 Å². The molecule has 3 aromatic rings. The number of hydrogen-bond donors (Lipinski definition) is 1. The second-order valence-electron chi connectivity index (χ2n) is 12.0. The van der Waals surface area contributed by atoms with Crippen LogP contribution in [-0.4, -0.2) is 33.4 Å². The minimum Gasteiger partial charge on any atom is -0.346 e. The second-order valence-corrected chi connectivity index (χ2v) is 12.0. The molecule has 1 saturated heterocycles. The molecule has 4 saturated carbocycles. The van der Waals surface area contributed by atoms with Gasteiger partial charge in [-0.05, 0) is 93.4 Å². The van der Waals surface area contributed by atoms with Crippen LogP contribution in [0.15, 0.2) is 41.3 Å². The quantitative estimate of drug-likeness (QED) is 0.519. The summed E-state index contributed by atoms with van der Waals surface area (Å²) in [4.78, 5) is 46.1. The van der Waals surface area contributed by atoms with Crippen LogP contribution >= 0.6 is 0 Å². The molecule has 0 atom stereocenters. The largest absolute Gasteiger partial charge is 0.346 e. The number of nitrogens with one attached hydrogen (secondary N) is 1. The number of pyridine rings is 2. The van der Waals surface area contributed by atoms with Gasteiger partial charge in [-0.15, -0.1) is 0 Å². The summed E-state index contributed by atoms with van der Waals surface area (Å²) >= 11 is 0. The van der Waals surface area contributed by atoms with Gasteiger partial charge in [-0.1, -0.05) is 0 Å². The number of fused-ring (bicyclic) bond motifs is 1. The van der Waals surface area contributed by atoms with E-state index in [1.54, 1.807) is 17.0 Å². The van der Waals surface area contributed by atoms with Crippen LogP contribution in [0.1, 0.15) is 68.1 Å². The predicted molar refractivity (Wildman–Crippen MR) is 142 cm³/mol. The molecular weight excluding hydrogens is 502 g/mol. The van der Waals surface area contributed by atoms with Crippen molar-refractivity contribution in [3.63, 3.8) is 0 Å². The first-order chi connectivity index (χ1) is 18.8. The molecule has 4 bridgehead atoms. The van der Waals surface area contributed by atoms with E-state index in [-0.39, 0.29) is 33.7 Å². The van der Waals surface area contributed by atoms with E-state index >= 15 is 4.39 Å². The first kappa shape index (κ1) is 24.4. The van der Waals surface area contributed by atoms with Gasteiger partial charge in [-0.25, -0.2) is 13.8 Å². The van der Waals surface area contributed by atoms with Crippen LogP contribution in [0.25, 0.3) is 16.7 Å². The third-order valence-electron chi connectivity index (χ3n) is 9.27.